The van der Waals surface area contributed by atoms with Crippen molar-refractivity contribution in [3.63, 3.8) is 0 Å². The van der Waals surface area contributed by atoms with Gasteiger partial charge < -0.3 is 9.47 Å². The van der Waals surface area contributed by atoms with Gasteiger partial charge in [-0.2, -0.15) is 0 Å². The summed E-state index contributed by atoms with van der Waals surface area (Å²) >= 11 is 0. The quantitative estimate of drug-likeness (QED) is 0.550. The number of carbonyl (C=O) groups excluding carboxylic acids is 1. The fourth-order valence-corrected chi connectivity index (χ4v) is 2.07. The van der Waals surface area contributed by atoms with Crippen LogP contribution in [0.1, 0.15) is 11.1 Å². The zero-order valence-electron chi connectivity index (χ0n) is 14.0. The SMILES string of the molecule is C#CCOc1ccc(/C=C/C(=O)/C=C/c2ccc(F)cc2F)cc1OC. The van der Waals surface area contributed by atoms with Crippen LogP contribution < -0.4 is 9.47 Å². The van der Waals surface area contributed by atoms with Gasteiger partial charge in [0.1, 0.15) is 18.2 Å². The van der Waals surface area contributed by atoms with Crippen molar-refractivity contribution in [3.8, 4) is 23.8 Å². The van der Waals surface area contributed by atoms with Gasteiger partial charge in [0.15, 0.2) is 17.3 Å². The molecule has 0 unspecified atom stereocenters. The standard InChI is InChI=1S/C21H16F2O3/c1-3-12-26-20-11-5-15(13-21(20)25-2)4-9-18(24)10-7-16-6-8-17(22)14-19(16)23/h1,4-11,13-14H,12H2,2H3/b9-4+,10-7+. The largest absolute Gasteiger partial charge is 0.493 e. The summed E-state index contributed by atoms with van der Waals surface area (Å²) in [7, 11) is 1.50. The van der Waals surface area contributed by atoms with Crippen LogP contribution in [0.5, 0.6) is 11.5 Å². The summed E-state index contributed by atoms with van der Waals surface area (Å²) in [6.45, 7) is 0.120. The van der Waals surface area contributed by atoms with Crippen LogP contribution in [-0.4, -0.2) is 19.5 Å². The second-order valence-corrected chi connectivity index (χ2v) is 5.14. The molecule has 0 bridgehead atoms. The third-order valence-electron chi connectivity index (χ3n) is 3.33. The minimum Gasteiger partial charge on any atom is -0.493 e. The Morgan fingerprint density at radius 1 is 1.12 bits per heavy atom. The fourth-order valence-electron chi connectivity index (χ4n) is 2.07. The van der Waals surface area contributed by atoms with Gasteiger partial charge in [-0.1, -0.05) is 18.1 Å². The molecule has 0 spiro atoms. The van der Waals surface area contributed by atoms with Crippen LogP contribution in [-0.2, 0) is 4.79 Å². The van der Waals surface area contributed by atoms with Gasteiger partial charge in [0.2, 0.25) is 0 Å². The monoisotopic (exact) mass is 354 g/mol. The number of hydrogen-bond donors (Lipinski definition) is 0. The van der Waals surface area contributed by atoms with E-state index in [1.54, 1.807) is 24.3 Å². The highest BCUT2D eigenvalue weighted by molar-refractivity contribution is 6.04. The topological polar surface area (TPSA) is 35.5 Å². The number of methoxy groups -OCH3 is 1. The Morgan fingerprint density at radius 2 is 1.88 bits per heavy atom. The molecule has 132 valence electrons. The molecule has 0 aliphatic carbocycles. The van der Waals surface area contributed by atoms with E-state index in [1.165, 1.54) is 31.4 Å². The number of terminal acetylenes is 1. The predicted octanol–water partition coefficient (Wildman–Crippen LogP) is 4.28. The molecule has 0 saturated heterocycles. The number of ketones is 1. The van der Waals surface area contributed by atoms with Gasteiger partial charge in [-0.25, -0.2) is 8.78 Å². The second kappa shape index (κ2) is 9.19. The normalized spacial score (nSPS) is 10.8. The summed E-state index contributed by atoms with van der Waals surface area (Å²) in [4.78, 5) is 11.9. The van der Waals surface area contributed by atoms with Crippen LogP contribution >= 0.6 is 0 Å². The first kappa shape index (κ1) is 18.9. The van der Waals surface area contributed by atoms with E-state index in [0.717, 1.165) is 12.1 Å². The van der Waals surface area contributed by atoms with Crippen molar-refractivity contribution in [1.82, 2.24) is 0 Å². The molecule has 2 aromatic carbocycles. The third kappa shape index (κ3) is 5.32. The van der Waals surface area contributed by atoms with E-state index < -0.39 is 11.6 Å². The Kier molecular flexibility index (Phi) is 6.69. The van der Waals surface area contributed by atoms with Gasteiger partial charge in [-0.05, 0) is 48.1 Å². The molecule has 0 atom stereocenters. The van der Waals surface area contributed by atoms with Gasteiger partial charge in [0, 0.05) is 11.6 Å². The van der Waals surface area contributed by atoms with E-state index in [1.807, 2.05) is 0 Å². The van der Waals surface area contributed by atoms with Gasteiger partial charge in [0.25, 0.3) is 0 Å². The van der Waals surface area contributed by atoms with E-state index in [0.29, 0.717) is 17.1 Å². The molecule has 0 fully saturated rings. The third-order valence-corrected chi connectivity index (χ3v) is 3.33. The van der Waals surface area contributed by atoms with Crippen LogP contribution in [0.3, 0.4) is 0 Å². The molecule has 0 N–H and O–H groups in total. The Balaban J connectivity index is 2.07. The maximum atomic E-state index is 13.5. The highest BCUT2D eigenvalue weighted by atomic mass is 19.1. The van der Waals surface area contributed by atoms with Crippen molar-refractivity contribution >= 4 is 17.9 Å². The maximum Gasteiger partial charge on any atom is 0.178 e. The Morgan fingerprint density at radius 3 is 2.58 bits per heavy atom. The van der Waals surface area contributed by atoms with Crippen LogP contribution in [0, 0.1) is 24.0 Å². The first-order valence-corrected chi connectivity index (χ1v) is 7.63. The molecular weight excluding hydrogens is 338 g/mol. The highest BCUT2D eigenvalue weighted by Crippen LogP contribution is 2.28. The number of hydrogen-bond acceptors (Lipinski definition) is 3. The Labute approximate surface area is 150 Å². The lowest BCUT2D eigenvalue weighted by Gasteiger charge is -2.09. The minimum absolute atomic E-state index is 0.120. The lowest BCUT2D eigenvalue weighted by atomic mass is 10.1. The van der Waals surface area contributed by atoms with Crippen molar-refractivity contribution in [2.24, 2.45) is 0 Å². The number of ether oxygens (including phenoxy) is 2. The number of allylic oxidation sites excluding steroid dienone is 2. The van der Waals surface area contributed by atoms with Crippen LogP contribution in [0.4, 0.5) is 8.78 Å². The highest BCUT2D eigenvalue weighted by Gasteiger charge is 2.04. The lowest BCUT2D eigenvalue weighted by Crippen LogP contribution is -1.96. The maximum absolute atomic E-state index is 13.5. The second-order valence-electron chi connectivity index (χ2n) is 5.14. The van der Waals surface area contributed by atoms with Crippen molar-refractivity contribution in [2.75, 3.05) is 13.7 Å². The average Bonchev–Trinajstić information content (AvgIpc) is 2.64. The first-order chi connectivity index (χ1) is 12.5. The smallest absolute Gasteiger partial charge is 0.178 e. The molecule has 0 radical (unpaired) electrons. The molecular formula is C21H16F2O3. The molecule has 0 aliphatic heterocycles. The van der Waals surface area contributed by atoms with E-state index >= 15 is 0 Å². The Hall–Kier alpha value is -3.39. The van der Waals surface area contributed by atoms with Crippen LogP contribution in [0.25, 0.3) is 12.2 Å². The zero-order chi connectivity index (χ0) is 18.9. The number of rotatable bonds is 7. The minimum atomic E-state index is -0.731. The predicted molar refractivity (Wildman–Crippen MR) is 96.8 cm³/mol. The molecule has 26 heavy (non-hydrogen) atoms. The summed E-state index contributed by atoms with van der Waals surface area (Å²) in [5, 5.41) is 0. The van der Waals surface area contributed by atoms with Gasteiger partial charge >= 0.3 is 0 Å². The van der Waals surface area contributed by atoms with Crippen molar-refractivity contribution in [1.29, 1.82) is 0 Å². The van der Waals surface area contributed by atoms with E-state index in [4.69, 9.17) is 15.9 Å². The van der Waals surface area contributed by atoms with Gasteiger partial charge in [-0.3, -0.25) is 4.79 Å². The summed E-state index contributed by atoms with van der Waals surface area (Å²) in [6.07, 6.45) is 10.6. The fraction of sp³-hybridized carbons (Fsp3) is 0.0952. The molecule has 0 aliphatic rings. The number of benzene rings is 2. The average molecular weight is 354 g/mol. The molecule has 2 aromatic rings. The molecule has 2 rings (SSSR count). The summed E-state index contributed by atoms with van der Waals surface area (Å²) < 4.78 is 36.9. The van der Waals surface area contributed by atoms with Crippen LogP contribution in [0.2, 0.25) is 0 Å². The summed E-state index contributed by atoms with van der Waals surface area (Å²) in [5.74, 6) is 1.60. The molecule has 0 amide bonds. The molecule has 0 aromatic heterocycles. The van der Waals surface area contributed by atoms with Crippen molar-refractivity contribution in [2.45, 2.75) is 0 Å². The molecule has 5 heteroatoms. The van der Waals surface area contributed by atoms with Crippen LogP contribution in [0.15, 0.2) is 48.6 Å². The van der Waals surface area contributed by atoms with Crippen molar-refractivity contribution < 1.29 is 23.0 Å². The number of carbonyl (C=O) groups is 1. The van der Waals surface area contributed by atoms with E-state index in [-0.39, 0.29) is 18.0 Å². The number of halogens is 2. The molecule has 3 nitrogen and oxygen atoms in total. The summed E-state index contributed by atoms with van der Waals surface area (Å²) in [5.41, 5.74) is 0.842. The Bertz CT molecular complexity index is 893. The van der Waals surface area contributed by atoms with Gasteiger partial charge in [-0.15, -0.1) is 6.42 Å². The zero-order valence-corrected chi connectivity index (χ0v) is 14.0. The molecule has 0 heterocycles. The molecule has 0 saturated carbocycles. The van der Waals surface area contributed by atoms with Crippen molar-refractivity contribution in [3.05, 3.63) is 71.3 Å². The lowest BCUT2D eigenvalue weighted by molar-refractivity contribution is -0.110. The van der Waals surface area contributed by atoms with E-state index in [2.05, 4.69) is 5.92 Å². The van der Waals surface area contributed by atoms with E-state index in [9.17, 15) is 13.6 Å². The van der Waals surface area contributed by atoms with Gasteiger partial charge in [0.05, 0.1) is 7.11 Å². The first-order valence-electron chi connectivity index (χ1n) is 7.63. The summed E-state index contributed by atoms with van der Waals surface area (Å²) in [6, 6.07) is 8.26.